The maximum Gasteiger partial charge on any atom is 0.196 e. The lowest BCUT2D eigenvalue weighted by molar-refractivity contribution is 0.626. The van der Waals surface area contributed by atoms with Crippen LogP contribution in [0.3, 0.4) is 0 Å². The van der Waals surface area contributed by atoms with Gasteiger partial charge in [0.25, 0.3) is 0 Å². The van der Waals surface area contributed by atoms with Crippen LogP contribution in [0.4, 0.5) is 0 Å². The van der Waals surface area contributed by atoms with Crippen molar-refractivity contribution < 1.29 is 8.42 Å². The Balaban J connectivity index is 2.82. The van der Waals surface area contributed by atoms with Gasteiger partial charge in [-0.05, 0) is 19.1 Å². The number of hydrogen-bond donors (Lipinski definition) is 1. The van der Waals surface area contributed by atoms with Crippen molar-refractivity contribution in [2.24, 2.45) is 0 Å². The van der Waals surface area contributed by atoms with Gasteiger partial charge in [0.05, 0.1) is 0 Å². The molecular weight excluding hydrogens is 180 g/mol. The van der Waals surface area contributed by atoms with Gasteiger partial charge in [-0.15, -0.1) is 0 Å². The van der Waals surface area contributed by atoms with E-state index in [2.05, 4.69) is 0 Å². The van der Waals surface area contributed by atoms with Gasteiger partial charge in [-0.3, -0.25) is 0 Å². The quantitative estimate of drug-likeness (QED) is 0.565. The zero-order chi connectivity index (χ0) is 8.27. The van der Waals surface area contributed by atoms with Gasteiger partial charge in [-0.25, -0.2) is 8.42 Å². The molecule has 0 saturated heterocycles. The summed E-state index contributed by atoms with van der Waals surface area (Å²) in [6, 6.07) is 7.37. The zero-order valence-corrected chi connectivity index (χ0v) is 7.69. The molecular formula is C7H8O2S2. The molecule has 0 N–H and O–H groups in total. The van der Waals surface area contributed by atoms with Crippen molar-refractivity contribution in [2.75, 3.05) is 0 Å². The van der Waals surface area contributed by atoms with Crippen LogP contribution < -0.4 is 0 Å². The predicted molar refractivity (Wildman–Crippen MR) is 47.4 cm³/mol. The van der Waals surface area contributed by atoms with E-state index in [4.69, 9.17) is 0 Å². The molecule has 60 valence electrons. The van der Waals surface area contributed by atoms with Gasteiger partial charge in [-0.2, -0.15) is 0 Å². The average Bonchev–Trinajstić information content (AvgIpc) is 1.93. The number of hydrogen-bond acceptors (Lipinski definition) is 3. The van der Waals surface area contributed by atoms with Crippen LogP contribution >= 0.6 is 10.8 Å². The van der Waals surface area contributed by atoms with Crippen LogP contribution in [-0.2, 0) is 9.74 Å². The van der Waals surface area contributed by atoms with Crippen molar-refractivity contribution in [3.05, 3.63) is 29.8 Å². The lowest BCUT2D eigenvalue weighted by atomic mass is 10.2. The second-order valence-electron chi connectivity index (χ2n) is 2.13. The monoisotopic (exact) mass is 188 g/mol. The predicted octanol–water partition coefficient (Wildman–Crippen LogP) is 1.61. The number of aryl methyl sites for hydroxylation is 1. The Labute approximate surface area is 71.0 Å². The van der Waals surface area contributed by atoms with Crippen LogP contribution in [0.2, 0.25) is 0 Å². The fourth-order valence-electron chi connectivity index (χ4n) is 0.685. The van der Waals surface area contributed by atoms with Gasteiger partial charge in [0.2, 0.25) is 0 Å². The minimum Gasteiger partial charge on any atom is -0.220 e. The molecule has 4 heteroatoms. The summed E-state index contributed by atoms with van der Waals surface area (Å²) >= 11 is 0. The van der Waals surface area contributed by atoms with E-state index in [0.717, 1.165) is 21.3 Å². The van der Waals surface area contributed by atoms with Gasteiger partial charge in [0.1, 0.15) is 0 Å². The van der Waals surface area contributed by atoms with Crippen LogP contribution in [-0.4, -0.2) is 8.42 Å². The molecule has 0 unspecified atom stereocenters. The third-order valence-corrected chi connectivity index (χ3v) is 2.91. The number of rotatable bonds is 2. The molecule has 1 rings (SSSR count). The largest absolute Gasteiger partial charge is 0.220 e. The van der Waals surface area contributed by atoms with Crippen molar-refractivity contribution in [3.63, 3.8) is 0 Å². The molecule has 1 aromatic rings. The standard InChI is InChI=1S/C7H8O2S2/c1-6-2-4-7(5-3-6)10-11(8)9/h2-5,11H,1H3. The summed E-state index contributed by atoms with van der Waals surface area (Å²) in [5, 5.41) is 0. The topological polar surface area (TPSA) is 34.1 Å². The molecule has 0 spiro atoms. The highest BCUT2D eigenvalue weighted by atomic mass is 33.1. The van der Waals surface area contributed by atoms with Gasteiger partial charge >= 0.3 is 0 Å². The van der Waals surface area contributed by atoms with E-state index in [9.17, 15) is 8.42 Å². The maximum absolute atomic E-state index is 10.3. The smallest absolute Gasteiger partial charge is 0.196 e. The molecule has 0 fully saturated rings. The highest BCUT2D eigenvalue weighted by Gasteiger charge is 1.92. The first-order valence-corrected chi connectivity index (χ1v) is 5.67. The zero-order valence-electron chi connectivity index (χ0n) is 5.98. The van der Waals surface area contributed by atoms with Crippen LogP contribution in [0.15, 0.2) is 29.2 Å². The first-order valence-electron chi connectivity index (χ1n) is 3.07. The summed E-state index contributed by atoms with van der Waals surface area (Å²) in [6.45, 7) is 1.96. The fourth-order valence-corrected chi connectivity index (χ4v) is 2.00. The molecule has 0 heterocycles. The second kappa shape index (κ2) is 3.78. The molecule has 0 aliphatic rings. The molecule has 2 nitrogen and oxygen atoms in total. The van der Waals surface area contributed by atoms with Gasteiger partial charge in [0.15, 0.2) is 9.74 Å². The van der Waals surface area contributed by atoms with Crippen LogP contribution in [0.1, 0.15) is 5.56 Å². The summed E-state index contributed by atoms with van der Waals surface area (Å²) in [5.74, 6) is 0. The Hall–Kier alpha value is -0.480. The molecule has 0 aliphatic heterocycles. The summed E-state index contributed by atoms with van der Waals surface area (Å²) in [4.78, 5) is 0.770. The van der Waals surface area contributed by atoms with Crippen LogP contribution in [0, 0.1) is 6.92 Å². The average molecular weight is 188 g/mol. The van der Waals surface area contributed by atoms with E-state index in [1.165, 1.54) is 0 Å². The number of benzene rings is 1. The Bertz CT molecular complexity index is 293. The summed E-state index contributed by atoms with van der Waals surface area (Å²) in [6.07, 6.45) is 0. The lowest BCUT2D eigenvalue weighted by Gasteiger charge is -1.93. The minimum absolute atomic E-state index is 0.770. The van der Waals surface area contributed by atoms with Crippen molar-refractivity contribution >= 4 is 20.5 Å². The van der Waals surface area contributed by atoms with Crippen molar-refractivity contribution in [1.29, 1.82) is 0 Å². The maximum atomic E-state index is 10.3. The minimum atomic E-state index is -2.37. The van der Waals surface area contributed by atoms with Crippen LogP contribution in [0.5, 0.6) is 0 Å². The third kappa shape index (κ3) is 2.95. The first-order chi connectivity index (χ1) is 5.18. The van der Waals surface area contributed by atoms with Gasteiger partial charge in [-0.1, -0.05) is 17.7 Å². The van der Waals surface area contributed by atoms with Crippen molar-refractivity contribution in [2.45, 2.75) is 11.8 Å². The number of thiol groups is 1. The molecule has 0 atom stereocenters. The molecule has 0 aromatic heterocycles. The van der Waals surface area contributed by atoms with E-state index >= 15 is 0 Å². The summed E-state index contributed by atoms with van der Waals surface area (Å²) in [5.41, 5.74) is 1.13. The molecule has 0 aliphatic carbocycles. The summed E-state index contributed by atoms with van der Waals surface area (Å²) in [7, 11) is -1.51. The van der Waals surface area contributed by atoms with Crippen LogP contribution in [0.25, 0.3) is 0 Å². The first kappa shape index (κ1) is 8.62. The molecule has 0 radical (unpaired) electrons. The molecule has 0 saturated carbocycles. The van der Waals surface area contributed by atoms with E-state index in [1.807, 2.05) is 19.1 Å². The normalized spacial score (nSPS) is 10.4. The Morgan fingerprint density at radius 2 is 1.73 bits per heavy atom. The van der Waals surface area contributed by atoms with Crippen molar-refractivity contribution in [3.8, 4) is 0 Å². The third-order valence-electron chi connectivity index (χ3n) is 1.20. The van der Waals surface area contributed by atoms with E-state index in [-0.39, 0.29) is 0 Å². The Morgan fingerprint density at radius 3 is 2.18 bits per heavy atom. The molecule has 11 heavy (non-hydrogen) atoms. The highest BCUT2D eigenvalue weighted by molar-refractivity contribution is 8.64. The van der Waals surface area contributed by atoms with Gasteiger partial charge in [0, 0.05) is 15.7 Å². The SMILES string of the molecule is Cc1ccc(S[SH](=O)=O)cc1. The molecule has 0 bridgehead atoms. The van der Waals surface area contributed by atoms with E-state index in [1.54, 1.807) is 12.1 Å². The Kier molecular flexibility index (Phi) is 2.96. The Morgan fingerprint density at radius 1 is 1.18 bits per heavy atom. The van der Waals surface area contributed by atoms with E-state index in [0.29, 0.717) is 0 Å². The van der Waals surface area contributed by atoms with Crippen molar-refractivity contribution in [1.82, 2.24) is 0 Å². The highest BCUT2D eigenvalue weighted by Crippen LogP contribution is 2.17. The van der Waals surface area contributed by atoms with E-state index < -0.39 is 9.74 Å². The molecule has 1 aromatic carbocycles. The summed E-state index contributed by atoms with van der Waals surface area (Å²) < 4.78 is 20.5. The fraction of sp³-hybridized carbons (Fsp3) is 0.143. The lowest BCUT2D eigenvalue weighted by Crippen LogP contribution is -1.73. The van der Waals surface area contributed by atoms with Gasteiger partial charge < -0.3 is 0 Å². The molecule has 0 amide bonds. The second-order valence-corrected chi connectivity index (χ2v) is 4.67.